The molecule has 0 amide bonds. The predicted octanol–water partition coefficient (Wildman–Crippen LogP) is 1.99. The van der Waals surface area contributed by atoms with E-state index in [0.29, 0.717) is 6.54 Å². The summed E-state index contributed by atoms with van der Waals surface area (Å²) >= 11 is 0. The highest BCUT2D eigenvalue weighted by atomic mass is 35.5. The first kappa shape index (κ1) is 19.0. The summed E-state index contributed by atoms with van der Waals surface area (Å²) < 4.78 is 67.1. The van der Waals surface area contributed by atoms with Crippen molar-refractivity contribution in [3.63, 3.8) is 0 Å². The monoisotopic (exact) mass is 360 g/mol. The molecule has 22 heavy (non-hydrogen) atoms. The number of sulfonamides is 1. The molecule has 1 saturated heterocycles. The van der Waals surface area contributed by atoms with Gasteiger partial charge >= 0.3 is 6.36 Å². The number of hydrogen-bond donors (Lipinski definition) is 1. The van der Waals surface area contributed by atoms with Crippen molar-refractivity contribution in [3.8, 4) is 5.75 Å². The number of rotatable bonds is 3. The first-order valence-corrected chi connectivity index (χ1v) is 7.72. The molecule has 1 atom stereocenters. The Morgan fingerprint density at radius 3 is 2.55 bits per heavy atom. The number of benzene rings is 1. The number of para-hydroxylation sites is 1. The maximum absolute atomic E-state index is 12.5. The number of alkyl halides is 3. The Morgan fingerprint density at radius 2 is 1.95 bits per heavy atom. The molecule has 1 aliphatic rings. The van der Waals surface area contributed by atoms with E-state index >= 15 is 0 Å². The van der Waals surface area contributed by atoms with Crippen molar-refractivity contribution in [2.24, 2.45) is 0 Å². The van der Waals surface area contributed by atoms with Gasteiger partial charge in [0.05, 0.1) is 0 Å². The van der Waals surface area contributed by atoms with Crippen LogP contribution in [-0.2, 0) is 10.0 Å². The van der Waals surface area contributed by atoms with Crippen LogP contribution >= 0.6 is 12.4 Å². The van der Waals surface area contributed by atoms with Crippen LogP contribution in [0.15, 0.2) is 29.2 Å². The van der Waals surface area contributed by atoms with Gasteiger partial charge in [0.25, 0.3) is 0 Å². The highest BCUT2D eigenvalue weighted by molar-refractivity contribution is 7.89. The largest absolute Gasteiger partial charge is 0.573 e. The second-order valence-electron chi connectivity index (χ2n) is 4.71. The Labute approximate surface area is 132 Å². The molecule has 0 aliphatic carbocycles. The van der Waals surface area contributed by atoms with Crippen LogP contribution in [-0.4, -0.2) is 44.8 Å². The number of nitrogens with zero attached hydrogens (tertiary/aromatic N) is 1. The van der Waals surface area contributed by atoms with Gasteiger partial charge in [-0.25, -0.2) is 8.42 Å². The van der Waals surface area contributed by atoms with Gasteiger partial charge < -0.3 is 10.1 Å². The summed E-state index contributed by atoms with van der Waals surface area (Å²) in [6.07, 6.45) is -4.94. The fourth-order valence-electron chi connectivity index (χ4n) is 2.13. The number of nitrogens with one attached hydrogen (secondary N) is 1. The summed E-state index contributed by atoms with van der Waals surface area (Å²) in [7, 11) is -4.03. The van der Waals surface area contributed by atoms with Gasteiger partial charge in [-0.15, -0.1) is 25.6 Å². The van der Waals surface area contributed by atoms with E-state index in [9.17, 15) is 21.6 Å². The van der Waals surface area contributed by atoms with Crippen molar-refractivity contribution in [1.82, 2.24) is 9.62 Å². The molecular weight excluding hydrogens is 345 g/mol. The third kappa shape index (κ3) is 4.48. The third-order valence-electron chi connectivity index (χ3n) is 3.02. The second-order valence-corrected chi connectivity index (χ2v) is 6.62. The zero-order chi connectivity index (χ0) is 15.7. The molecule has 0 radical (unpaired) electrons. The molecule has 0 saturated carbocycles. The molecule has 1 aromatic carbocycles. The van der Waals surface area contributed by atoms with Gasteiger partial charge in [-0.3, -0.25) is 0 Å². The second kappa shape index (κ2) is 7.03. The normalized spacial score (nSPS) is 20.3. The minimum Gasteiger partial charge on any atom is -0.404 e. The maximum Gasteiger partial charge on any atom is 0.573 e. The zero-order valence-electron chi connectivity index (χ0n) is 11.6. The van der Waals surface area contributed by atoms with Crippen LogP contribution in [0, 0.1) is 0 Å². The molecule has 0 aromatic heterocycles. The van der Waals surface area contributed by atoms with Crippen LogP contribution < -0.4 is 10.1 Å². The molecule has 0 bridgehead atoms. The zero-order valence-corrected chi connectivity index (χ0v) is 13.3. The summed E-state index contributed by atoms with van der Waals surface area (Å²) in [5, 5.41) is 3.07. The van der Waals surface area contributed by atoms with E-state index in [-0.39, 0.29) is 31.5 Å². The number of ether oxygens (including phenoxy) is 1. The van der Waals surface area contributed by atoms with Gasteiger partial charge in [-0.05, 0) is 19.1 Å². The number of halogens is 4. The lowest BCUT2D eigenvalue weighted by atomic mass is 10.3. The topological polar surface area (TPSA) is 58.6 Å². The third-order valence-corrected chi connectivity index (χ3v) is 4.93. The van der Waals surface area contributed by atoms with Crippen LogP contribution in [0.3, 0.4) is 0 Å². The first-order valence-electron chi connectivity index (χ1n) is 6.28. The molecule has 126 valence electrons. The Hall–Kier alpha value is -1.03. The van der Waals surface area contributed by atoms with Crippen LogP contribution in [0.25, 0.3) is 0 Å². The first-order chi connectivity index (χ1) is 9.70. The summed E-state index contributed by atoms with van der Waals surface area (Å²) in [6, 6.07) is 4.70. The van der Waals surface area contributed by atoms with Crippen molar-refractivity contribution >= 4 is 22.4 Å². The lowest BCUT2D eigenvalue weighted by molar-refractivity contribution is -0.275. The molecule has 0 unspecified atom stereocenters. The lowest BCUT2D eigenvalue weighted by Gasteiger charge is -2.31. The molecular formula is C12H16ClF3N2O3S. The molecule has 2 rings (SSSR count). The van der Waals surface area contributed by atoms with Gasteiger partial charge in [0, 0.05) is 25.7 Å². The van der Waals surface area contributed by atoms with E-state index in [1.807, 2.05) is 0 Å². The van der Waals surface area contributed by atoms with Gasteiger partial charge in [-0.1, -0.05) is 12.1 Å². The quantitative estimate of drug-likeness (QED) is 0.895. The Morgan fingerprint density at radius 1 is 1.32 bits per heavy atom. The molecule has 1 heterocycles. The van der Waals surface area contributed by atoms with E-state index < -0.39 is 27.0 Å². The summed E-state index contributed by atoms with van der Waals surface area (Å²) in [5.41, 5.74) is 0. The van der Waals surface area contributed by atoms with Gasteiger partial charge in [-0.2, -0.15) is 4.31 Å². The molecule has 1 fully saturated rings. The van der Waals surface area contributed by atoms with Crippen molar-refractivity contribution in [3.05, 3.63) is 24.3 Å². The molecule has 0 spiro atoms. The highest BCUT2D eigenvalue weighted by Crippen LogP contribution is 2.31. The smallest absolute Gasteiger partial charge is 0.404 e. The minimum absolute atomic E-state index is 0. The van der Waals surface area contributed by atoms with Crippen molar-refractivity contribution in [2.45, 2.75) is 24.2 Å². The van der Waals surface area contributed by atoms with Crippen LogP contribution in [0.4, 0.5) is 13.2 Å². The summed E-state index contributed by atoms with van der Waals surface area (Å²) in [4.78, 5) is -0.476. The standard InChI is InChI=1S/C12H15F3N2O3S.ClH/c1-9-8-17(7-6-16-9)21(18,19)11-5-3-2-4-10(11)20-12(13,14)15;/h2-5,9,16H,6-8H2,1H3;1H/t9-;/m1./s1. The minimum atomic E-state index is -4.94. The highest BCUT2D eigenvalue weighted by Gasteiger charge is 2.36. The van der Waals surface area contributed by atoms with E-state index in [2.05, 4.69) is 10.1 Å². The summed E-state index contributed by atoms with van der Waals surface area (Å²) in [6.45, 7) is 2.65. The predicted molar refractivity (Wildman–Crippen MR) is 76.6 cm³/mol. The van der Waals surface area contributed by atoms with Crippen LogP contribution in [0.2, 0.25) is 0 Å². The molecule has 1 aliphatic heterocycles. The number of piperazine rings is 1. The van der Waals surface area contributed by atoms with Crippen molar-refractivity contribution in [1.29, 1.82) is 0 Å². The average Bonchev–Trinajstić information content (AvgIpc) is 2.37. The van der Waals surface area contributed by atoms with Gasteiger partial charge in [0.15, 0.2) is 0 Å². The number of hydrogen-bond acceptors (Lipinski definition) is 4. The van der Waals surface area contributed by atoms with Crippen LogP contribution in [0.5, 0.6) is 5.75 Å². The Balaban J connectivity index is 0.00000242. The Kier molecular flexibility index (Phi) is 6.08. The fraction of sp³-hybridized carbons (Fsp3) is 0.500. The lowest BCUT2D eigenvalue weighted by Crippen LogP contribution is -2.51. The van der Waals surface area contributed by atoms with E-state index in [1.54, 1.807) is 6.92 Å². The Bertz CT molecular complexity index is 610. The molecule has 1 N–H and O–H groups in total. The fourth-order valence-corrected chi connectivity index (χ4v) is 3.77. The molecule has 1 aromatic rings. The SMILES string of the molecule is C[C@@H]1CN(S(=O)(=O)c2ccccc2OC(F)(F)F)CCN1.Cl. The molecule has 5 nitrogen and oxygen atoms in total. The average molecular weight is 361 g/mol. The van der Waals surface area contributed by atoms with E-state index in [0.717, 1.165) is 16.4 Å². The summed E-state index contributed by atoms with van der Waals surface area (Å²) in [5.74, 6) is -0.712. The van der Waals surface area contributed by atoms with Crippen molar-refractivity contribution < 1.29 is 26.3 Å². The molecule has 10 heteroatoms. The van der Waals surface area contributed by atoms with Gasteiger partial charge in [0.2, 0.25) is 10.0 Å². The van der Waals surface area contributed by atoms with E-state index in [1.165, 1.54) is 12.1 Å². The van der Waals surface area contributed by atoms with Crippen molar-refractivity contribution in [2.75, 3.05) is 19.6 Å². The maximum atomic E-state index is 12.5. The van der Waals surface area contributed by atoms with Crippen LogP contribution in [0.1, 0.15) is 6.92 Å². The van der Waals surface area contributed by atoms with E-state index in [4.69, 9.17) is 0 Å². The van der Waals surface area contributed by atoms with Gasteiger partial charge in [0.1, 0.15) is 10.6 Å².